The predicted octanol–water partition coefficient (Wildman–Crippen LogP) is 0.425. The summed E-state index contributed by atoms with van der Waals surface area (Å²) in [4.78, 5) is -0.133. The Labute approximate surface area is 181 Å². The molecule has 0 aromatic heterocycles. The lowest BCUT2D eigenvalue weighted by molar-refractivity contribution is -0.0328. The maximum Gasteiger partial charge on any atom is 0.294 e. The van der Waals surface area contributed by atoms with Gasteiger partial charge in [0.2, 0.25) is 0 Å². The molecular weight excluding hydrogens is 452 g/mol. The molecule has 31 heavy (non-hydrogen) atoms. The summed E-state index contributed by atoms with van der Waals surface area (Å²) < 4.78 is 59.1. The van der Waals surface area contributed by atoms with Crippen molar-refractivity contribution in [1.82, 2.24) is 0 Å². The molecule has 10 nitrogen and oxygen atoms in total. The first kappa shape index (κ1) is 29.1. The van der Waals surface area contributed by atoms with Crippen LogP contribution in [-0.4, -0.2) is 72.8 Å². The van der Waals surface area contributed by atoms with Crippen molar-refractivity contribution in [3.05, 3.63) is 59.7 Å². The average Bonchev–Trinajstić information content (AvgIpc) is 2.70. The third-order valence-electron chi connectivity index (χ3n) is 3.98. The molecular formula is C19H28O10S2. The fourth-order valence-corrected chi connectivity index (χ4v) is 2.68. The molecule has 0 atom stereocenters. The summed E-state index contributed by atoms with van der Waals surface area (Å²) in [5.41, 5.74) is 0.801. The van der Waals surface area contributed by atoms with Crippen LogP contribution in [0.5, 0.6) is 0 Å². The minimum atomic E-state index is -4.02. The van der Waals surface area contributed by atoms with Gasteiger partial charge in [-0.15, -0.1) is 0 Å². The highest BCUT2D eigenvalue weighted by molar-refractivity contribution is 7.86. The zero-order valence-electron chi connectivity index (χ0n) is 17.1. The number of benzene rings is 2. The second kappa shape index (κ2) is 12.8. The molecule has 2 aromatic rings. The zero-order chi connectivity index (χ0) is 24.3. The van der Waals surface area contributed by atoms with E-state index in [-0.39, 0.29) is 9.79 Å². The van der Waals surface area contributed by atoms with Gasteiger partial charge in [0, 0.05) is 0 Å². The van der Waals surface area contributed by atoms with Crippen LogP contribution in [0.4, 0.5) is 0 Å². The standard InChI is InChI=1S/2C7H8O3S.C5H12O4/c2*1-6-2-4-7(5-3-6)11(8,9)10;6-1-5(2-7,3-8)4-9/h2*2-5H,1H3,(H,8,9,10);6-9H,1-4H2. The van der Waals surface area contributed by atoms with Gasteiger partial charge >= 0.3 is 0 Å². The van der Waals surface area contributed by atoms with Crippen molar-refractivity contribution < 1.29 is 46.4 Å². The average molecular weight is 481 g/mol. The molecule has 0 spiro atoms. The van der Waals surface area contributed by atoms with Crippen molar-refractivity contribution in [3.8, 4) is 0 Å². The van der Waals surface area contributed by atoms with E-state index in [9.17, 15) is 16.8 Å². The normalized spacial score (nSPS) is 11.6. The van der Waals surface area contributed by atoms with E-state index < -0.39 is 52.1 Å². The van der Waals surface area contributed by atoms with Gasteiger partial charge in [-0.05, 0) is 38.1 Å². The molecule has 2 aromatic carbocycles. The lowest BCUT2D eigenvalue weighted by Gasteiger charge is -2.23. The highest BCUT2D eigenvalue weighted by Crippen LogP contribution is 2.12. The second-order valence-electron chi connectivity index (χ2n) is 6.71. The molecule has 12 heteroatoms. The zero-order valence-corrected chi connectivity index (χ0v) is 18.7. The van der Waals surface area contributed by atoms with Crippen LogP contribution in [0.3, 0.4) is 0 Å². The third kappa shape index (κ3) is 10.8. The molecule has 0 aliphatic heterocycles. The summed E-state index contributed by atoms with van der Waals surface area (Å²) in [5, 5.41) is 34.0. The minimum Gasteiger partial charge on any atom is -0.396 e. The fraction of sp³-hybridized carbons (Fsp3) is 0.368. The summed E-state index contributed by atoms with van der Waals surface area (Å²) >= 11 is 0. The van der Waals surface area contributed by atoms with Crippen LogP contribution in [-0.2, 0) is 20.2 Å². The Morgan fingerprint density at radius 3 is 0.935 bits per heavy atom. The van der Waals surface area contributed by atoms with E-state index >= 15 is 0 Å². The van der Waals surface area contributed by atoms with Crippen molar-refractivity contribution in [1.29, 1.82) is 0 Å². The van der Waals surface area contributed by atoms with Gasteiger partial charge in [0.15, 0.2) is 0 Å². The molecule has 0 aliphatic rings. The van der Waals surface area contributed by atoms with E-state index in [2.05, 4.69) is 0 Å². The van der Waals surface area contributed by atoms with E-state index in [1.54, 1.807) is 24.3 Å². The summed E-state index contributed by atoms with van der Waals surface area (Å²) in [6.07, 6.45) is 0. The summed E-state index contributed by atoms with van der Waals surface area (Å²) in [7, 11) is -8.04. The lowest BCUT2D eigenvalue weighted by Crippen LogP contribution is -2.37. The first-order chi connectivity index (χ1) is 14.2. The summed E-state index contributed by atoms with van der Waals surface area (Å²) in [5.74, 6) is 0. The van der Waals surface area contributed by atoms with Crippen molar-refractivity contribution in [2.24, 2.45) is 5.41 Å². The van der Waals surface area contributed by atoms with Crippen LogP contribution in [0.25, 0.3) is 0 Å². The summed E-state index contributed by atoms with van der Waals surface area (Å²) in [6, 6.07) is 12.0. The molecule has 0 saturated heterocycles. The van der Waals surface area contributed by atoms with E-state index in [4.69, 9.17) is 29.5 Å². The van der Waals surface area contributed by atoms with Gasteiger partial charge in [-0.25, -0.2) is 0 Å². The van der Waals surface area contributed by atoms with Gasteiger partial charge in [-0.1, -0.05) is 35.4 Å². The van der Waals surface area contributed by atoms with Crippen molar-refractivity contribution in [3.63, 3.8) is 0 Å². The molecule has 0 fully saturated rings. The van der Waals surface area contributed by atoms with Crippen LogP contribution >= 0.6 is 0 Å². The maximum atomic E-state index is 10.5. The van der Waals surface area contributed by atoms with Crippen molar-refractivity contribution in [2.75, 3.05) is 26.4 Å². The van der Waals surface area contributed by atoms with E-state index in [1.807, 2.05) is 13.8 Å². The highest BCUT2D eigenvalue weighted by Gasteiger charge is 2.26. The Kier molecular flexibility index (Phi) is 12.0. The number of aliphatic hydroxyl groups excluding tert-OH is 4. The monoisotopic (exact) mass is 480 g/mol. The molecule has 0 radical (unpaired) electrons. The second-order valence-corrected chi connectivity index (χ2v) is 9.55. The van der Waals surface area contributed by atoms with Gasteiger partial charge in [0.1, 0.15) is 0 Å². The van der Waals surface area contributed by atoms with Crippen LogP contribution in [0.15, 0.2) is 58.3 Å². The third-order valence-corrected chi connectivity index (χ3v) is 5.72. The Morgan fingerprint density at radius 1 is 0.581 bits per heavy atom. The molecule has 0 saturated carbocycles. The van der Waals surface area contributed by atoms with Crippen LogP contribution < -0.4 is 0 Å². The Morgan fingerprint density at radius 2 is 0.806 bits per heavy atom. The molecule has 0 aliphatic carbocycles. The van der Waals surface area contributed by atoms with E-state index in [0.717, 1.165) is 11.1 Å². The van der Waals surface area contributed by atoms with Gasteiger partial charge in [0.05, 0.1) is 41.6 Å². The minimum absolute atomic E-state index is 0.0666. The number of aliphatic hydroxyl groups is 4. The predicted molar refractivity (Wildman–Crippen MR) is 113 cm³/mol. The molecule has 6 N–H and O–H groups in total. The van der Waals surface area contributed by atoms with Gasteiger partial charge in [-0.3, -0.25) is 9.11 Å². The van der Waals surface area contributed by atoms with E-state index in [1.165, 1.54) is 24.3 Å². The molecule has 0 heterocycles. The van der Waals surface area contributed by atoms with Gasteiger partial charge in [0.25, 0.3) is 20.2 Å². The maximum absolute atomic E-state index is 10.5. The quantitative estimate of drug-likeness (QED) is 0.316. The van der Waals surface area contributed by atoms with Crippen molar-refractivity contribution >= 4 is 20.2 Å². The topological polar surface area (TPSA) is 190 Å². The first-order valence-electron chi connectivity index (χ1n) is 8.76. The lowest BCUT2D eigenvalue weighted by atomic mass is 9.93. The molecule has 176 valence electrons. The fourth-order valence-electron chi connectivity index (χ4n) is 1.72. The summed E-state index contributed by atoms with van der Waals surface area (Å²) in [6.45, 7) is 2.06. The number of hydrogen-bond donors (Lipinski definition) is 6. The highest BCUT2D eigenvalue weighted by atomic mass is 32.2. The number of rotatable bonds is 6. The van der Waals surface area contributed by atoms with Gasteiger partial charge < -0.3 is 20.4 Å². The molecule has 0 amide bonds. The number of aryl methyl sites for hydroxylation is 2. The smallest absolute Gasteiger partial charge is 0.294 e. The van der Waals surface area contributed by atoms with Crippen LogP contribution in [0, 0.1) is 19.3 Å². The SMILES string of the molecule is Cc1ccc(S(=O)(=O)O)cc1.Cc1ccc(S(=O)(=O)O)cc1.OCC(CO)(CO)CO. The van der Waals surface area contributed by atoms with Crippen LogP contribution in [0.1, 0.15) is 11.1 Å². The number of hydrogen-bond acceptors (Lipinski definition) is 8. The largest absolute Gasteiger partial charge is 0.396 e. The molecule has 2 rings (SSSR count). The van der Waals surface area contributed by atoms with Crippen LogP contribution in [0.2, 0.25) is 0 Å². The Bertz CT molecular complexity index is 888. The Balaban J connectivity index is 0.000000439. The Hall–Kier alpha value is -1.90. The molecule has 0 bridgehead atoms. The van der Waals surface area contributed by atoms with Gasteiger partial charge in [-0.2, -0.15) is 16.8 Å². The van der Waals surface area contributed by atoms with E-state index in [0.29, 0.717) is 0 Å². The van der Waals surface area contributed by atoms with Crippen molar-refractivity contribution in [2.45, 2.75) is 23.6 Å². The first-order valence-corrected chi connectivity index (χ1v) is 11.6. The molecule has 0 unspecified atom stereocenters.